The van der Waals surface area contributed by atoms with E-state index in [1.807, 2.05) is 32.9 Å². The summed E-state index contributed by atoms with van der Waals surface area (Å²) in [6, 6.07) is 15.2. The molecule has 260 valence electrons. The second kappa shape index (κ2) is 15.9. The van der Waals surface area contributed by atoms with Crippen LogP contribution in [0.1, 0.15) is 68.2 Å². The number of nitrogens with zero attached hydrogens (tertiary/aromatic N) is 5. The molecule has 3 fully saturated rings. The van der Waals surface area contributed by atoms with E-state index in [9.17, 15) is 14.4 Å². The van der Waals surface area contributed by atoms with Crippen LogP contribution in [-0.4, -0.2) is 120 Å². The Morgan fingerprint density at radius 3 is 2.17 bits per heavy atom. The third-order valence-electron chi connectivity index (χ3n) is 11.5. The topological polar surface area (TPSA) is 79.4 Å². The molecule has 9 heteroatoms. The predicted molar refractivity (Wildman–Crippen MR) is 191 cm³/mol. The monoisotopic (exact) mass is 656 g/mol. The average molecular weight is 657 g/mol. The van der Waals surface area contributed by atoms with Gasteiger partial charge in [0.2, 0.25) is 11.8 Å². The fourth-order valence-corrected chi connectivity index (χ4v) is 8.41. The highest BCUT2D eigenvalue weighted by Gasteiger charge is 2.35. The number of piperidine rings is 2. The molecule has 1 atom stereocenters. The van der Waals surface area contributed by atoms with Gasteiger partial charge in [-0.1, -0.05) is 50.2 Å². The molecule has 0 saturated carbocycles. The van der Waals surface area contributed by atoms with Crippen LogP contribution in [0, 0.1) is 5.92 Å². The lowest BCUT2D eigenvalue weighted by molar-refractivity contribution is -0.143. The molecule has 4 aliphatic rings. The van der Waals surface area contributed by atoms with E-state index < -0.39 is 0 Å². The standard InChI is InChI=1S/C39H56N6O3/c1-4-30-11-10-29(26-31(30)5-2)27-33(38(47)44-19-13-34(14-20-44)42-24-22-41(3)23-25-42)28-37(46)43-17-15-35(16-18-43)45-21-12-32-8-6-7-9-36(32)40-39(45)48/h6-11,26,33-35H,4-5,12-25,27-28H2,1-3H3,(H,40,48). The zero-order chi connectivity index (χ0) is 33.6. The van der Waals surface area contributed by atoms with Crippen molar-refractivity contribution in [1.29, 1.82) is 0 Å². The largest absolute Gasteiger partial charge is 0.343 e. The van der Waals surface area contributed by atoms with Crippen LogP contribution in [0.4, 0.5) is 10.5 Å². The van der Waals surface area contributed by atoms with Gasteiger partial charge in [0, 0.05) is 83.1 Å². The van der Waals surface area contributed by atoms with Gasteiger partial charge in [-0.15, -0.1) is 0 Å². The molecular formula is C39H56N6O3. The molecule has 0 radical (unpaired) electrons. The maximum atomic E-state index is 14.2. The van der Waals surface area contributed by atoms with Crippen LogP contribution in [-0.2, 0) is 35.3 Å². The van der Waals surface area contributed by atoms with Gasteiger partial charge in [0.05, 0.1) is 5.92 Å². The van der Waals surface area contributed by atoms with E-state index in [0.29, 0.717) is 32.1 Å². The summed E-state index contributed by atoms with van der Waals surface area (Å²) in [5.41, 5.74) is 5.90. The summed E-state index contributed by atoms with van der Waals surface area (Å²) in [7, 11) is 2.19. The summed E-state index contributed by atoms with van der Waals surface area (Å²) >= 11 is 0. The maximum absolute atomic E-state index is 14.2. The smallest absolute Gasteiger partial charge is 0.322 e. The van der Waals surface area contributed by atoms with Crippen molar-refractivity contribution < 1.29 is 14.4 Å². The van der Waals surface area contributed by atoms with Gasteiger partial charge in [-0.25, -0.2) is 4.79 Å². The molecule has 6 rings (SSSR count). The number of urea groups is 1. The number of likely N-dealkylation sites (N-methyl/N-ethyl adjacent to an activating group) is 1. The molecule has 0 aromatic heterocycles. The first-order valence-electron chi connectivity index (χ1n) is 18.6. The summed E-state index contributed by atoms with van der Waals surface area (Å²) in [6.45, 7) is 12.2. The highest BCUT2D eigenvalue weighted by molar-refractivity contribution is 5.91. The van der Waals surface area contributed by atoms with Crippen LogP contribution >= 0.6 is 0 Å². The van der Waals surface area contributed by atoms with Crippen LogP contribution in [0.5, 0.6) is 0 Å². The summed E-state index contributed by atoms with van der Waals surface area (Å²) in [5, 5.41) is 3.09. The Kier molecular flexibility index (Phi) is 11.4. The number of piperazine rings is 1. The van der Waals surface area contributed by atoms with Crippen molar-refractivity contribution in [2.24, 2.45) is 5.92 Å². The molecule has 9 nitrogen and oxygen atoms in total. The van der Waals surface area contributed by atoms with Crippen LogP contribution in [0.3, 0.4) is 0 Å². The molecule has 4 amide bonds. The SMILES string of the molecule is CCc1ccc(CC(CC(=O)N2CCC(N3CCc4ccccc4NC3=O)CC2)C(=O)N2CCC(N3CCN(C)CC3)CC2)cc1CC. The zero-order valence-corrected chi connectivity index (χ0v) is 29.5. The minimum atomic E-state index is -0.373. The second-order valence-electron chi connectivity index (χ2n) is 14.5. The van der Waals surface area contributed by atoms with Crippen LogP contribution in [0.2, 0.25) is 0 Å². The molecule has 1 N–H and O–H groups in total. The first-order chi connectivity index (χ1) is 23.3. The Hall–Kier alpha value is -3.43. The summed E-state index contributed by atoms with van der Waals surface area (Å²) in [4.78, 5) is 52.2. The minimum Gasteiger partial charge on any atom is -0.343 e. The van der Waals surface area contributed by atoms with E-state index in [-0.39, 0.29) is 36.2 Å². The Bertz CT molecular complexity index is 1420. The number of amides is 4. The number of hydrogen-bond donors (Lipinski definition) is 1. The third kappa shape index (κ3) is 8.05. The molecule has 2 aromatic carbocycles. The lowest BCUT2D eigenvalue weighted by Crippen LogP contribution is -2.53. The molecular weight excluding hydrogens is 600 g/mol. The van der Waals surface area contributed by atoms with Crippen molar-refractivity contribution in [2.75, 3.05) is 71.3 Å². The summed E-state index contributed by atoms with van der Waals surface area (Å²) < 4.78 is 0. The van der Waals surface area contributed by atoms with Gasteiger partial charge in [-0.05, 0) is 86.7 Å². The number of nitrogens with one attached hydrogen (secondary N) is 1. The van der Waals surface area contributed by atoms with Crippen molar-refractivity contribution in [1.82, 2.24) is 24.5 Å². The summed E-state index contributed by atoms with van der Waals surface area (Å²) in [6.07, 6.45) is 7.12. The number of benzene rings is 2. The van der Waals surface area contributed by atoms with E-state index in [2.05, 4.69) is 60.3 Å². The number of hydrogen-bond acceptors (Lipinski definition) is 5. The van der Waals surface area contributed by atoms with Crippen molar-refractivity contribution in [2.45, 2.75) is 83.7 Å². The van der Waals surface area contributed by atoms with E-state index in [4.69, 9.17) is 0 Å². The highest BCUT2D eigenvalue weighted by Crippen LogP contribution is 2.27. The predicted octanol–water partition coefficient (Wildman–Crippen LogP) is 4.68. The number of carbonyl (C=O) groups is 3. The van der Waals surface area contributed by atoms with Gasteiger partial charge in [0.15, 0.2) is 0 Å². The average Bonchev–Trinajstić information content (AvgIpc) is 3.29. The first kappa shape index (κ1) is 34.4. The number of anilines is 1. The number of likely N-dealkylation sites (tertiary alicyclic amines) is 2. The lowest BCUT2D eigenvalue weighted by Gasteiger charge is -2.42. The van der Waals surface area contributed by atoms with E-state index in [1.54, 1.807) is 0 Å². The highest BCUT2D eigenvalue weighted by atomic mass is 16.2. The molecule has 1 unspecified atom stereocenters. The Morgan fingerprint density at radius 1 is 0.792 bits per heavy atom. The molecule has 48 heavy (non-hydrogen) atoms. The minimum absolute atomic E-state index is 0.0488. The zero-order valence-electron chi connectivity index (χ0n) is 29.5. The third-order valence-corrected chi connectivity index (χ3v) is 11.5. The maximum Gasteiger partial charge on any atom is 0.322 e. The first-order valence-corrected chi connectivity index (χ1v) is 18.6. The number of rotatable bonds is 9. The van der Waals surface area contributed by atoms with Crippen LogP contribution in [0.25, 0.3) is 0 Å². The van der Waals surface area contributed by atoms with Gasteiger partial charge >= 0.3 is 6.03 Å². The molecule has 2 aromatic rings. The van der Waals surface area contributed by atoms with Crippen molar-refractivity contribution in [3.8, 4) is 0 Å². The van der Waals surface area contributed by atoms with Gasteiger partial charge in [0.1, 0.15) is 0 Å². The second-order valence-corrected chi connectivity index (χ2v) is 14.5. The Balaban J connectivity index is 1.09. The van der Waals surface area contributed by atoms with Crippen molar-refractivity contribution in [3.05, 3.63) is 64.7 Å². The summed E-state index contributed by atoms with van der Waals surface area (Å²) in [5.74, 6) is -0.177. The van der Waals surface area contributed by atoms with Gasteiger partial charge in [0.25, 0.3) is 0 Å². The van der Waals surface area contributed by atoms with Crippen molar-refractivity contribution >= 4 is 23.5 Å². The fraction of sp³-hybridized carbons (Fsp3) is 0.615. The molecule has 0 spiro atoms. The van der Waals surface area contributed by atoms with E-state index in [1.165, 1.54) is 11.1 Å². The molecule has 4 aliphatic heterocycles. The Labute approximate surface area is 287 Å². The molecule has 0 bridgehead atoms. The molecule has 0 aliphatic carbocycles. The van der Waals surface area contributed by atoms with E-state index >= 15 is 0 Å². The number of para-hydroxylation sites is 1. The number of carbonyl (C=O) groups excluding carboxylic acids is 3. The lowest BCUT2D eigenvalue weighted by atomic mass is 9.90. The number of aryl methyl sites for hydroxylation is 2. The van der Waals surface area contributed by atoms with Gasteiger partial charge in [-0.3, -0.25) is 14.5 Å². The fourth-order valence-electron chi connectivity index (χ4n) is 8.41. The number of fused-ring (bicyclic) bond motifs is 1. The quantitative estimate of drug-likeness (QED) is 0.424. The Morgan fingerprint density at radius 2 is 1.46 bits per heavy atom. The molecule has 4 heterocycles. The van der Waals surface area contributed by atoms with Crippen LogP contribution in [0.15, 0.2) is 42.5 Å². The van der Waals surface area contributed by atoms with Crippen molar-refractivity contribution in [3.63, 3.8) is 0 Å². The van der Waals surface area contributed by atoms with Gasteiger partial charge < -0.3 is 24.9 Å². The normalized spacial score (nSPS) is 21.1. The van der Waals surface area contributed by atoms with Gasteiger partial charge in [-0.2, -0.15) is 0 Å². The molecule has 3 saturated heterocycles. The van der Waals surface area contributed by atoms with E-state index in [0.717, 1.165) is 101 Å². The van der Waals surface area contributed by atoms with Crippen LogP contribution < -0.4 is 5.32 Å².